The first-order chi connectivity index (χ1) is 9.14. The number of carbonyl (C=O) groups excluding carboxylic acids is 1. The second kappa shape index (κ2) is 4.89. The highest BCUT2D eigenvalue weighted by Crippen LogP contribution is 2.38. The third-order valence-electron chi connectivity index (χ3n) is 3.22. The van der Waals surface area contributed by atoms with Crippen LogP contribution in [0.2, 0.25) is 5.02 Å². The summed E-state index contributed by atoms with van der Waals surface area (Å²) < 4.78 is 50.8. The van der Waals surface area contributed by atoms with Gasteiger partial charge in [0.1, 0.15) is 5.82 Å². The van der Waals surface area contributed by atoms with Gasteiger partial charge in [0, 0.05) is 13.0 Å². The first-order valence-electron chi connectivity index (χ1n) is 5.67. The van der Waals surface area contributed by atoms with E-state index in [1.54, 1.807) is 0 Å². The van der Waals surface area contributed by atoms with E-state index >= 15 is 0 Å². The summed E-state index contributed by atoms with van der Waals surface area (Å²) >= 11 is 5.69. The van der Waals surface area contributed by atoms with Gasteiger partial charge in [0.25, 0.3) is 5.91 Å². The molecule has 1 fully saturated rings. The van der Waals surface area contributed by atoms with Crippen LogP contribution in [0.1, 0.15) is 16.8 Å². The summed E-state index contributed by atoms with van der Waals surface area (Å²) in [5.74, 6) is -1.42. The van der Waals surface area contributed by atoms with Gasteiger partial charge in [-0.3, -0.25) is 4.79 Å². The lowest BCUT2D eigenvalue weighted by Gasteiger charge is -2.26. The van der Waals surface area contributed by atoms with Crippen molar-refractivity contribution in [2.45, 2.75) is 18.2 Å². The molecule has 2 rings (SSSR count). The predicted molar refractivity (Wildman–Crippen MR) is 62.9 cm³/mol. The molecule has 0 unspecified atom stereocenters. The maximum Gasteiger partial charge on any atom is 0.419 e. The van der Waals surface area contributed by atoms with Crippen molar-refractivity contribution in [1.29, 1.82) is 0 Å². The van der Waals surface area contributed by atoms with Gasteiger partial charge in [0.2, 0.25) is 0 Å². The Labute approximate surface area is 116 Å². The standard InChI is InChI=1S/C12H10ClF4NO2/c13-9-5-7(14)1-2-8(9)10(19)18-4-3-11(20,6-18)12(15,16)17/h1-2,5,20H,3-4,6H2/t11-/m1/s1. The van der Waals surface area contributed by atoms with Gasteiger partial charge in [-0.15, -0.1) is 0 Å². The number of halogens is 5. The number of hydrogen-bond acceptors (Lipinski definition) is 2. The van der Waals surface area contributed by atoms with E-state index in [-0.39, 0.29) is 17.1 Å². The average molecular weight is 312 g/mol. The number of β-amino-alcohol motifs (C(OH)–C–C–N with tert-alkyl or cyclic N) is 1. The fraction of sp³-hybridized carbons (Fsp3) is 0.417. The smallest absolute Gasteiger partial charge is 0.379 e. The molecule has 3 nitrogen and oxygen atoms in total. The number of benzene rings is 1. The fourth-order valence-electron chi connectivity index (χ4n) is 2.03. The molecule has 1 aliphatic rings. The highest BCUT2D eigenvalue weighted by Gasteiger charge is 2.57. The molecule has 0 spiro atoms. The van der Waals surface area contributed by atoms with Gasteiger partial charge in [-0.1, -0.05) is 11.6 Å². The molecule has 1 aromatic carbocycles. The van der Waals surface area contributed by atoms with Crippen LogP contribution in [-0.4, -0.2) is 40.8 Å². The van der Waals surface area contributed by atoms with E-state index in [1.807, 2.05) is 0 Å². The number of nitrogens with zero attached hydrogens (tertiary/aromatic N) is 1. The fourth-order valence-corrected chi connectivity index (χ4v) is 2.28. The van der Waals surface area contributed by atoms with Crippen LogP contribution in [0.15, 0.2) is 18.2 Å². The molecule has 0 bridgehead atoms. The van der Waals surface area contributed by atoms with Gasteiger partial charge in [-0.05, 0) is 18.2 Å². The second-order valence-corrected chi connectivity index (χ2v) is 5.04. The van der Waals surface area contributed by atoms with Crippen LogP contribution in [0.25, 0.3) is 0 Å². The number of amides is 1. The molecule has 0 aliphatic carbocycles. The van der Waals surface area contributed by atoms with Gasteiger partial charge in [0.15, 0.2) is 5.60 Å². The average Bonchev–Trinajstić information content (AvgIpc) is 2.72. The predicted octanol–water partition coefficient (Wildman–Crippen LogP) is 2.62. The zero-order valence-electron chi connectivity index (χ0n) is 10.0. The van der Waals surface area contributed by atoms with Crippen molar-refractivity contribution < 1.29 is 27.5 Å². The Bertz CT molecular complexity index is 549. The molecule has 1 aromatic rings. The van der Waals surface area contributed by atoms with Crippen molar-refractivity contribution in [3.63, 3.8) is 0 Å². The molecule has 0 saturated carbocycles. The van der Waals surface area contributed by atoms with Crippen LogP contribution >= 0.6 is 11.6 Å². The molecule has 1 heterocycles. The minimum absolute atomic E-state index is 0.0977. The number of hydrogen-bond donors (Lipinski definition) is 1. The lowest BCUT2D eigenvalue weighted by Crippen LogP contribution is -2.48. The second-order valence-electron chi connectivity index (χ2n) is 4.63. The first-order valence-corrected chi connectivity index (χ1v) is 6.05. The molecular formula is C12H10ClF4NO2. The molecule has 1 N–H and O–H groups in total. The Morgan fingerprint density at radius 1 is 1.40 bits per heavy atom. The lowest BCUT2D eigenvalue weighted by atomic mass is 10.0. The molecule has 1 aliphatic heterocycles. The van der Waals surface area contributed by atoms with Crippen molar-refractivity contribution in [3.8, 4) is 0 Å². The molecule has 0 radical (unpaired) electrons. The summed E-state index contributed by atoms with van der Waals surface area (Å²) in [4.78, 5) is 12.9. The van der Waals surface area contributed by atoms with Crippen LogP contribution in [-0.2, 0) is 0 Å². The maximum absolute atomic E-state index is 12.9. The van der Waals surface area contributed by atoms with Crippen LogP contribution in [0.4, 0.5) is 17.6 Å². The van der Waals surface area contributed by atoms with Crippen molar-refractivity contribution in [2.24, 2.45) is 0 Å². The van der Waals surface area contributed by atoms with E-state index in [1.165, 1.54) is 0 Å². The number of alkyl halides is 3. The number of carbonyl (C=O) groups is 1. The minimum Gasteiger partial charge on any atom is -0.379 e. The SMILES string of the molecule is O=C(c1ccc(F)cc1Cl)N1CC[C@](O)(C(F)(F)F)C1. The highest BCUT2D eigenvalue weighted by molar-refractivity contribution is 6.33. The monoisotopic (exact) mass is 311 g/mol. The quantitative estimate of drug-likeness (QED) is 0.810. The Balaban J connectivity index is 2.20. The zero-order chi connectivity index (χ0) is 15.1. The van der Waals surface area contributed by atoms with Gasteiger partial charge in [-0.2, -0.15) is 13.2 Å². The molecule has 8 heteroatoms. The van der Waals surface area contributed by atoms with Crippen molar-refractivity contribution >= 4 is 17.5 Å². The lowest BCUT2D eigenvalue weighted by molar-refractivity contribution is -0.253. The first kappa shape index (κ1) is 15.1. The third kappa shape index (κ3) is 2.60. The molecule has 0 aromatic heterocycles. The van der Waals surface area contributed by atoms with E-state index in [2.05, 4.69) is 0 Å². The van der Waals surface area contributed by atoms with Crippen LogP contribution in [0.3, 0.4) is 0 Å². The maximum atomic E-state index is 12.9. The van der Waals surface area contributed by atoms with Crippen molar-refractivity contribution in [2.75, 3.05) is 13.1 Å². The minimum atomic E-state index is -4.81. The summed E-state index contributed by atoms with van der Waals surface area (Å²) in [5.41, 5.74) is -3.01. The number of likely N-dealkylation sites (tertiary alicyclic amines) is 1. The summed E-state index contributed by atoms with van der Waals surface area (Å²) in [6, 6.07) is 3.00. The molecule has 1 amide bonds. The summed E-state index contributed by atoms with van der Waals surface area (Å²) in [7, 11) is 0. The highest BCUT2D eigenvalue weighted by atomic mass is 35.5. The van der Waals surface area contributed by atoms with Gasteiger partial charge < -0.3 is 10.0 Å². The van der Waals surface area contributed by atoms with Crippen molar-refractivity contribution in [3.05, 3.63) is 34.6 Å². The number of aliphatic hydroxyl groups is 1. The summed E-state index contributed by atoms with van der Waals surface area (Å²) in [5, 5.41) is 9.31. The normalized spacial score (nSPS) is 23.2. The third-order valence-corrected chi connectivity index (χ3v) is 3.54. The number of rotatable bonds is 1. The van der Waals surface area contributed by atoms with E-state index in [9.17, 15) is 27.5 Å². The Kier molecular flexibility index (Phi) is 3.68. The zero-order valence-corrected chi connectivity index (χ0v) is 10.8. The molecule has 20 heavy (non-hydrogen) atoms. The van der Waals surface area contributed by atoms with Gasteiger partial charge in [-0.25, -0.2) is 4.39 Å². The Morgan fingerprint density at radius 2 is 2.05 bits per heavy atom. The molecule has 1 saturated heterocycles. The van der Waals surface area contributed by atoms with Crippen molar-refractivity contribution in [1.82, 2.24) is 4.90 Å². The van der Waals surface area contributed by atoms with E-state index in [0.717, 1.165) is 23.1 Å². The summed E-state index contributed by atoms with van der Waals surface area (Å²) in [6.45, 7) is -1.11. The van der Waals surface area contributed by atoms with Gasteiger partial charge >= 0.3 is 6.18 Å². The molecule has 110 valence electrons. The van der Waals surface area contributed by atoms with Crippen LogP contribution in [0.5, 0.6) is 0 Å². The van der Waals surface area contributed by atoms with Gasteiger partial charge in [0.05, 0.1) is 17.1 Å². The Morgan fingerprint density at radius 3 is 2.55 bits per heavy atom. The van der Waals surface area contributed by atoms with Crippen LogP contribution < -0.4 is 0 Å². The topological polar surface area (TPSA) is 40.5 Å². The molecular weight excluding hydrogens is 302 g/mol. The van der Waals surface area contributed by atoms with Crippen LogP contribution in [0, 0.1) is 5.82 Å². The van der Waals surface area contributed by atoms with E-state index < -0.39 is 36.5 Å². The van der Waals surface area contributed by atoms with E-state index in [4.69, 9.17) is 11.6 Å². The molecule has 1 atom stereocenters. The Hall–Kier alpha value is -1.34. The summed E-state index contributed by atoms with van der Waals surface area (Å²) in [6.07, 6.45) is -5.41. The largest absolute Gasteiger partial charge is 0.419 e. The van der Waals surface area contributed by atoms with E-state index in [0.29, 0.717) is 0 Å².